The van der Waals surface area contributed by atoms with Crippen molar-refractivity contribution < 1.29 is 42.7 Å². The van der Waals surface area contributed by atoms with Gasteiger partial charge in [0.25, 0.3) is 0 Å². The third-order valence-electron chi connectivity index (χ3n) is 2.31. The molecule has 0 aromatic heterocycles. The Kier molecular flexibility index (Phi) is 3.87. The first-order valence-electron chi connectivity index (χ1n) is 4.21. The average Bonchev–Trinajstić information content (AvgIpc) is 2.17. The molecule has 0 spiro atoms. The van der Waals surface area contributed by atoms with Crippen molar-refractivity contribution in [1.29, 1.82) is 0 Å². The Morgan fingerprint density at radius 3 is 1.38 bits per heavy atom. The predicted molar refractivity (Wildman–Crippen MR) is 46.5 cm³/mol. The fourth-order valence-corrected chi connectivity index (χ4v) is 1.96. The Bertz CT molecular complexity index is 324. The van der Waals surface area contributed by atoms with Gasteiger partial charge in [-0.05, 0) is 0 Å². The molecule has 0 amide bonds. The van der Waals surface area contributed by atoms with E-state index in [2.05, 4.69) is 4.18 Å². The van der Waals surface area contributed by atoms with Crippen molar-refractivity contribution in [2.45, 2.75) is 36.6 Å². The molecular weight excluding hydrogens is 248 g/mol. The Morgan fingerprint density at radius 1 is 0.750 bits per heavy atom. The smallest absolute Gasteiger partial charge is 0.387 e. The number of hydrogen-bond acceptors (Lipinski definition) is 8. The van der Waals surface area contributed by atoms with Gasteiger partial charge < -0.3 is 25.5 Å². The highest BCUT2D eigenvalue weighted by atomic mass is 32.3. The zero-order valence-electron chi connectivity index (χ0n) is 7.78. The summed E-state index contributed by atoms with van der Waals surface area (Å²) in [5.74, 6) is 0. The number of hydrogen-bond donors (Lipinski definition) is 6. The Morgan fingerprint density at radius 2 is 1.06 bits per heavy atom. The summed E-state index contributed by atoms with van der Waals surface area (Å²) in [5, 5.41) is 46.0. The molecular formula is C6H12O9S. The van der Waals surface area contributed by atoms with Crippen LogP contribution in [0, 0.1) is 0 Å². The van der Waals surface area contributed by atoms with Crippen molar-refractivity contribution in [3.63, 3.8) is 0 Å². The molecule has 1 aliphatic rings. The highest BCUT2D eigenvalue weighted by Crippen LogP contribution is 2.24. The van der Waals surface area contributed by atoms with Crippen LogP contribution in [0.15, 0.2) is 0 Å². The molecule has 1 rings (SSSR count). The molecule has 1 aliphatic carbocycles. The second kappa shape index (κ2) is 4.50. The van der Waals surface area contributed by atoms with Gasteiger partial charge in [-0.2, -0.15) is 8.42 Å². The van der Waals surface area contributed by atoms with E-state index in [0.29, 0.717) is 0 Å². The standard InChI is InChI=1S/C6H12O9S/c7-1-2(8)4(10)6(5(11)3(1)9)15-16(12,13)14/h1-11H,(H,12,13,14)/t1?,2-,3+,4+,5-,6?. The van der Waals surface area contributed by atoms with Crippen molar-refractivity contribution in [2.24, 2.45) is 0 Å². The molecule has 0 heterocycles. The van der Waals surface area contributed by atoms with E-state index in [0.717, 1.165) is 0 Å². The Hall–Kier alpha value is -0.330. The van der Waals surface area contributed by atoms with Crippen molar-refractivity contribution in [1.82, 2.24) is 0 Å². The van der Waals surface area contributed by atoms with Crippen LogP contribution in [-0.4, -0.2) is 75.1 Å². The average molecular weight is 260 g/mol. The zero-order chi connectivity index (χ0) is 12.7. The molecule has 0 aromatic carbocycles. The van der Waals surface area contributed by atoms with Gasteiger partial charge in [0.05, 0.1) is 0 Å². The monoisotopic (exact) mass is 260 g/mol. The van der Waals surface area contributed by atoms with E-state index in [9.17, 15) is 28.8 Å². The number of aliphatic hydroxyl groups excluding tert-OH is 5. The van der Waals surface area contributed by atoms with Gasteiger partial charge in [-0.25, -0.2) is 4.18 Å². The van der Waals surface area contributed by atoms with Gasteiger partial charge in [0.2, 0.25) is 0 Å². The van der Waals surface area contributed by atoms with E-state index in [-0.39, 0.29) is 0 Å². The van der Waals surface area contributed by atoms with Gasteiger partial charge >= 0.3 is 10.4 Å². The minimum atomic E-state index is -4.98. The zero-order valence-corrected chi connectivity index (χ0v) is 8.60. The summed E-state index contributed by atoms with van der Waals surface area (Å²) in [6.07, 6.45) is -11.6. The second-order valence-corrected chi connectivity index (χ2v) is 4.49. The van der Waals surface area contributed by atoms with Crippen molar-refractivity contribution >= 4 is 10.4 Å². The maximum absolute atomic E-state index is 10.4. The van der Waals surface area contributed by atoms with E-state index in [1.807, 2.05) is 0 Å². The fourth-order valence-electron chi connectivity index (χ4n) is 1.45. The Labute approximate surface area is 90.5 Å². The van der Waals surface area contributed by atoms with Crippen molar-refractivity contribution in [3.8, 4) is 0 Å². The molecule has 1 fully saturated rings. The number of rotatable bonds is 2. The van der Waals surface area contributed by atoms with Crippen molar-refractivity contribution in [2.75, 3.05) is 0 Å². The highest BCUT2D eigenvalue weighted by molar-refractivity contribution is 7.80. The third kappa shape index (κ3) is 2.67. The van der Waals surface area contributed by atoms with Gasteiger partial charge in [-0.3, -0.25) is 4.55 Å². The molecule has 1 saturated carbocycles. The molecule has 0 aromatic rings. The predicted octanol–water partition coefficient (Wildman–Crippen LogP) is -4.01. The second-order valence-electron chi connectivity index (χ2n) is 3.44. The highest BCUT2D eigenvalue weighted by Gasteiger charge is 2.50. The Balaban J connectivity index is 2.91. The molecule has 9 nitrogen and oxygen atoms in total. The van der Waals surface area contributed by atoms with Crippen LogP contribution in [0.5, 0.6) is 0 Å². The lowest BCUT2D eigenvalue weighted by Crippen LogP contribution is -2.64. The van der Waals surface area contributed by atoms with Gasteiger partial charge in [0.1, 0.15) is 36.6 Å². The van der Waals surface area contributed by atoms with Crippen LogP contribution in [-0.2, 0) is 14.6 Å². The molecule has 6 atom stereocenters. The van der Waals surface area contributed by atoms with Crippen molar-refractivity contribution in [3.05, 3.63) is 0 Å². The van der Waals surface area contributed by atoms with Gasteiger partial charge in [0, 0.05) is 0 Å². The van der Waals surface area contributed by atoms with Crippen LogP contribution in [0.4, 0.5) is 0 Å². The van der Waals surface area contributed by atoms with Crippen LogP contribution >= 0.6 is 0 Å². The largest absolute Gasteiger partial charge is 0.397 e. The van der Waals surface area contributed by atoms with Crippen LogP contribution < -0.4 is 0 Å². The minimum absolute atomic E-state index is 1.86. The van der Waals surface area contributed by atoms with Gasteiger partial charge in [-0.1, -0.05) is 0 Å². The van der Waals surface area contributed by atoms with E-state index in [4.69, 9.17) is 9.66 Å². The van der Waals surface area contributed by atoms with Crippen LogP contribution in [0.2, 0.25) is 0 Å². The van der Waals surface area contributed by atoms with E-state index in [1.165, 1.54) is 0 Å². The van der Waals surface area contributed by atoms with Crippen LogP contribution in [0.1, 0.15) is 0 Å². The summed E-state index contributed by atoms with van der Waals surface area (Å²) in [7, 11) is -4.98. The van der Waals surface area contributed by atoms with Crippen LogP contribution in [0.25, 0.3) is 0 Å². The lowest BCUT2D eigenvalue weighted by atomic mass is 9.85. The summed E-state index contributed by atoms with van der Waals surface area (Å²) in [4.78, 5) is 0. The van der Waals surface area contributed by atoms with E-state index >= 15 is 0 Å². The van der Waals surface area contributed by atoms with Gasteiger partial charge in [-0.15, -0.1) is 0 Å². The fraction of sp³-hybridized carbons (Fsp3) is 1.00. The molecule has 16 heavy (non-hydrogen) atoms. The number of aliphatic hydroxyl groups is 5. The molecule has 0 radical (unpaired) electrons. The maximum atomic E-state index is 10.4. The first kappa shape index (κ1) is 13.7. The lowest BCUT2D eigenvalue weighted by molar-refractivity contribution is -0.217. The molecule has 2 unspecified atom stereocenters. The van der Waals surface area contributed by atoms with E-state index < -0.39 is 47.0 Å². The molecule has 96 valence electrons. The SMILES string of the molecule is O=S(=O)(O)OC1[C@@H](O)[C@H](O)C(O)[C@H](O)[C@H]1O. The van der Waals surface area contributed by atoms with Gasteiger partial charge in [0.15, 0.2) is 0 Å². The third-order valence-corrected chi connectivity index (χ3v) is 2.77. The summed E-state index contributed by atoms with van der Waals surface area (Å²) in [6, 6.07) is 0. The molecule has 10 heteroatoms. The van der Waals surface area contributed by atoms with E-state index in [1.54, 1.807) is 0 Å². The normalized spacial score (nSPS) is 45.6. The first-order chi connectivity index (χ1) is 7.15. The lowest BCUT2D eigenvalue weighted by Gasteiger charge is -2.40. The molecule has 0 aliphatic heterocycles. The molecule has 0 bridgehead atoms. The van der Waals surface area contributed by atoms with Crippen LogP contribution in [0.3, 0.4) is 0 Å². The molecule has 6 N–H and O–H groups in total. The minimum Gasteiger partial charge on any atom is -0.387 e. The summed E-state index contributed by atoms with van der Waals surface area (Å²) < 4.78 is 33.0. The molecule has 0 saturated heterocycles. The maximum Gasteiger partial charge on any atom is 0.397 e. The summed E-state index contributed by atoms with van der Waals surface area (Å²) >= 11 is 0. The topological polar surface area (TPSA) is 165 Å². The quantitative estimate of drug-likeness (QED) is 0.271. The first-order valence-corrected chi connectivity index (χ1v) is 5.57. The summed E-state index contributed by atoms with van der Waals surface area (Å²) in [6.45, 7) is 0. The summed E-state index contributed by atoms with van der Waals surface area (Å²) in [5.41, 5.74) is 0.